The zero-order valence-electron chi connectivity index (χ0n) is 13.8. The average molecular weight is 329 g/mol. The molecular weight excluding hydrogens is 300 g/mol. The molecule has 0 heterocycles. The fourth-order valence-electron chi connectivity index (χ4n) is 2.25. The molecule has 0 bridgehead atoms. The van der Waals surface area contributed by atoms with E-state index in [0.717, 1.165) is 41.6 Å². The van der Waals surface area contributed by atoms with Gasteiger partial charge in [-0.05, 0) is 48.5 Å². The highest BCUT2D eigenvalue weighted by molar-refractivity contribution is 6.67. The molecular formula is C17H29ClO2Si. The van der Waals surface area contributed by atoms with E-state index in [4.69, 9.17) is 20.5 Å². The zero-order valence-corrected chi connectivity index (χ0v) is 15.6. The summed E-state index contributed by atoms with van der Waals surface area (Å²) in [6.45, 7) is 10.3. The van der Waals surface area contributed by atoms with Gasteiger partial charge in [-0.2, -0.15) is 0 Å². The van der Waals surface area contributed by atoms with Crippen molar-refractivity contribution in [2.75, 3.05) is 6.61 Å². The van der Waals surface area contributed by atoms with Gasteiger partial charge in [0.2, 0.25) is 0 Å². The normalized spacial score (nSPS) is 12.1. The summed E-state index contributed by atoms with van der Waals surface area (Å²) in [7, 11) is -2.04. The molecule has 1 rings (SSSR count). The largest absolute Gasteiger partial charge is 0.394 e. The van der Waals surface area contributed by atoms with Crippen LogP contribution in [-0.4, -0.2) is 15.2 Å². The first kappa shape index (κ1) is 18.7. The van der Waals surface area contributed by atoms with Gasteiger partial charge in [0.25, 0.3) is 0 Å². The lowest BCUT2D eigenvalue weighted by Crippen LogP contribution is -2.40. The molecule has 1 aromatic carbocycles. The summed E-state index contributed by atoms with van der Waals surface area (Å²) < 4.78 is 12.4. The number of benzene rings is 1. The summed E-state index contributed by atoms with van der Waals surface area (Å²) in [6.07, 6.45) is 2.34. The summed E-state index contributed by atoms with van der Waals surface area (Å²) in [5.41, 5.74) is 1.16. The van der Waals surface area contributed by atoms with E-state index in [1.165, 1.54) is 6.42 Å². The van der Waals surface area contributed by atoms with Crippen LogP contribution in [0, 0.1) is 5.92 Å². The van der Waals surface area contributed by atoms with E-state index >= 15 is 0 Å². The second-order valence-electron chi connectivity index (χ2n) is 5.92. The number of rotatable bonds is 10. The maximum Gasteiger partial charge on any atom is 0.337 e. The first-order valence-corrected chi connectivity index (χ1v) is 10.6. The Balaban J connectivity index is 2.48. The Hall–Kier alpha value is -0.353. The summed E-state index contributed by atoms with van der Waals surface area (Å²) in [6, 6.07) is 9.85. The molecule has 0 spiro atoms. The van der Waals surface area contributed by atoms with Crippen LogP contribution in [-0.2, 0) is 15.5 Å². The van der Waals surface area contributed by atoms with E-state index in [0.29, 0.717) is 6.61 Å². The van der Waals surface area contributed by atoms with Gasteiger partial charge in [-0.25, -0.2) is 0 Å². The van der Waals surface area contributed by atoms with Crippen molar-refractivity contribution in [3.63, 3.8) is 0 Å². The van der Waals surface area contributed by atoms with E-state index in [2.05, 4.69) is 27.7 Å². The van der Waals surface area contributed by atoms with Gasteiger partial charge in [-0.15, -0.1) is 0 Å². The Bertz CT molecular complexity index is 388. The van der Waals surface area contributed by atoms with Gasteiger partial charge in [0.05, 0.1) is 6.61 Å². The lowest BCUT2D eigenvalue weighted by atomic mass is 10.1. The fourth-order valence-corrected chi connectivity index (χ4v) is 4.72. The first-order valence-electron chi connectivity index (χ1n) is 8.03. The van der Waals surface area contributed by atoms with Crippen molar-refractivity contribution < 1.29 is 8.85 Å². The van der Waals surface area contributed by atoms with Crippen LogP contribution in [0.2, 0.25) is 17.1 Å². The van der Waals surface area contributed by atoms with Crippen LogP contribution in [0.25, 0.3) is 0 Å². The molecule has 0 aromatic heterocycles. The zero-order chi connectivity index (χ0) is 15.7. The quantitative estimate of drug-likeness (QED) is 0.399. The highest BCUT2D eigenvalue weighted by Gasteiger charge is 2.33. The van der Waals surface area contributed by atoms with Crippen LogP contribution in [0.4, 0.5) is 0 Å². The Labute approximate surface area is 136 Å². The Morgan fingerprint density at radius 3 is 2.19 bits per heavy atom. The number of hydrogen-bond acceptors (Lipinski definition) is 2. The maximum atomic E-state index is 6.23. The van der Waals surface area contributed by atoms with Gasteiger partial charge >= 0.3 is 8.56 Å². The molecule has 21 heavy (non-hydrogen) atoms. The molecule has 4 heteroatoms. The lowest BCUT2D eigenvalue weighted by molar-refractivity contribution is 0.157. The van der Waals surface area contributed by atoms with Crippen molar-refractivity contribution in [3.05, 3.63) is 34.9 Å². The molecule has 0 aliphatic heterocycles. The summed E-state index contributed by atoms with van der Waals surface area (Å²) in [5, 5.41) is 0.762. The van der Waals surface area contributed by atoms with Crippen LogP contribution in [0.1, 0.15) is 46.1 Å². The van der Waals surface area contributed by atoms with E-state index in [1.807, 2.05) is 24.3 Å². The predicted molar refractivity (Wildman–Crippen MR) is 93.0 cm³/mol. The third kappa shape index (κ3) is 6.96. The minimum atomic E-state index is -2.04. The molecule has 0 amide bonds. The molecule has 0 aliphatic carbocycles. The summed E-state index contributed by atoms with van der Waals surface area (Å²) in [4.78, 5) is 0. The molecule has 120 valence electrons. The van der Waals surface area contributed by atoms with Crippen LogP contribution in [0.15, 0.2) is 24.3 Å². The van der Waals surface area contributed by atoms with Gasteiger partial charge in [-0.3, -0.25) is 0 Å². The topological polar surface area (TPSA) is 18.5 Å². The fraction of sp³-hybridized carbons (Fsp3) is 0.647. The van der Waals surface area contributed by atoms with E-state index in [-0.39, 0.29) is 0 Å². The third-order valence-corrected chi connectivity index (χ3v) is 7.59. The minimum absolute atomic E-state index is 0.620. The molecule has 1 aromatic rings. The van der Waals surface area contributed by atoms with Gasteiger partial charge < -0.3 is 8.85 Å². The lowest BCUT2D eigenvalue weighted by Gasteiger charge is -2.29. The van der Waals surface area contributed by atoms with Crippen molar-refractivity contribution in [2.45, 2.75) is 59.2 Å². The molecule has 0 N–H and O–H groups in total. The predicted octanol–water partition coefficient (Wildman–Crippen LogP) is 5.79. The Morgan fingerprint density at radius 1 is 1.05 bits per heavy atom. The highest BCUT2D eigenvalue weighted by Crippen LogP contribution is 2.22. The van der Waals surface area contributed by atoms with E-state index < -0.39 is 8.56 Å². The molecule has 0 unspecified atom stereocenters. The second-order valence-corrected chi connectivity index (χ2v) is 10.2. The molecule has 2 nitrogen and oxygen atoms in total. The van der Waals surface area contributed by atoms with Gasteiger partial charge in [0.15, 0.2) is 0 Å². The standard InChI is InChI=1S/C17H29ClO2Si/c1-5-21(6-2,19-13-7-8-15(3)4)20-14-16-9-11-17(18)12-10-16/h9-12,15H,5-8,13-14H2,1-4H3. The van der Waals surface area contributed by atoms with Gasteiger partial charge in [0.1, 0.15) is 0 Å². The van der Waals surface area contributed by atoms with Crippen molar-refractivity contribution in [2.24, 2.45) is 5.92 Å². The van der Waals surface area contributed by atoms with Crippen LogP contribution in [0.5, 0.6) is 0 Å². The first-order chi connectivity index (χ1) is 10.0. The molecule has 0 saturated heterocycles. The van der Waals surface area contributed by atoms with Crippen LogP contribution < -0.4 is 0 Å². The molecule has 0 saturated carbocycles. The van der Waals surface area contributed by atoms with Crippen LogP contribution >= 0.6 is 11.6 Å². The molecule has 0 radical (unpaired) electrons. The average Bonchev–Trinajstić information content (AvgIpc) is 2.48. The Morgan fingerprint density at radius 2 is 1.67 bits per heavy atom. The highest BCUT2D eigenvalue weighted by atomic mass is 35.5. The molecule has 0 aliphatic rings. The van der Waals surface area contributed by atoms with Gasteiger partial charge in [-0.1, -0.05) is 51.4 Å². The monoisotopic (exact) mass is 328 g/mol. The van der Waals surface area contributed by atoms with E-state index in [1.54, 1.807) is 0 Å². The van der Waals surface area contributed by atoms with E-state index in [9.17, 15) is 0 Å². The molecule has 0 fully saturated rings. The third-order valence-electron chi connectivity index (χ3n) is 3.78. The van der Waals surface area contributed by atoms with Crippen molar-refractivity contribution >= 4 is 20.2 Å². The van der Waals surface area contributed by atoms with Crippen molar-refractivity contribution in [1.29, 1.82) is 0 Å². The summed E-state index contributed by atoms with van der Waals surface area (Å²) in [5.74, 6) is 0.739. The smallest absolute Gasteiger partial charge is 0.337 e. The van der Waals surface area contributed by atoms with Crippen molar-refractivity contribution in [1.82, 2.24) is 0 Å². The number of halogens is 1. The SMILES string of the molecule is CC[Si](CC)(OCCCC(C)C)OCc1ccc(Cl)cc1. The van der Waals surface area contributed by atoms with Crippen LogP contribution in [0.3, 0.4) is 0 Å². The molecule has 0 atom stereocenters. The summed E-state index contributed by atoms with van der Waals surface area (Å²) >= 11 is 5.91. The Kier molecular flexibility index (Phi) is 8.56. The number of hydrogen-bond donors (Lipinski definition) is 0. The minimum Gasteiger partial charge on any atom is -0.394 e. The van der Waals surface area contributed by atoms with Crippen molar-refractivity contribution in [3.8, 4) is 0 Å². The van der Waals surface area contributed by atoms with Gasteiger partial charge in [0, 0.05) is 11.6 Å². The second kappa shape index (κ2) is 9.62. The maximum absolute atomic E-state index is 6.23.